The Kier molecular flexibility index (Phi) is 3.50. The van der Waals surface area contributed by atoms with Gasteiger partial charge >= 0.3 is 6.18 Å². The van der Waals surface area contributed by atoms with Crippen molar-refractivity contribution in [2.45, 2.75) is 12.7 Å². The zero-order valence-corrected chi connectivity index (χ0v) is 9.55. The van der Waals surface area contributed by atoms with Gasteiger partial charge in [-0.15, -0.1) is 0 Å². The SMILES string of the molecule is O=C(Cn1ccc(C(F)(F)F)n1)Nc1cccnc1. The van der Waals surface area contributed by atoms with Crippen molar-refractivity contribution in [1.29, 1.82) is 0 Å². The molecule has 0 aliphatic carbocycles. The van der Waals surface area contributed by atoms with Gasteiger partial charge in [0, 0.05) is 12.4 Å². The average Bonchev–Trinajstić information content (AvgIpc) is 2.78. The largest absolute Gasteiger partial charge is 0.435 e. The van der Waals surface area contributed by atoms with Crippen LogP contribution in [0.2, 0.25) is 0 Å². The average molecular weight is 270 g/mol. The van der Waals surface area contributed by atoms with Gasteiger partial charge in [0.1, 0.15) is 6.54 Å². The highest BCUT2D eigenvalue weighted by Gasteiger charge is 2.33. The first-order valence-corrected chi connectivity index (χ1v) is 5.26. The number of halogens is 3. The molecule has 0 bridgehead atoms. The molecule has 0 radical (unpaired) electrons. The van der Waals surface area contributed by atoms with E-state index in [1.54, 1.807) is 18.3 Å². The second kappa shape index (κ2) is 5.09. The molecule has 19 heavy (non-hydrogen) atoms. The second-order valence-electron chi connectivity index (χ2n) is 3.69. The third kappa shape index (κ3) is 3.54. The fraction of sp³-hybridized carbons (Fsp3) is 0.182. The predicted octanol–water partition coefficient (Wildman–Crippen LogP) is 1.94. The summed E-state index contributed by atoms with van der Waals surface area (Å²) in [5, 5.41) is 5.77. The van der Waals surface area contributed by atoms with E-state index in [2.05, 4.69) is 15.4 Å². The molecule has 0 unspecified atom stereocenters. The molecule has 2 heterocycles. The first-order valence-electron chi connectivity index (χ1n) is 5.26. The van der Waals surface area contributed by atoms with Crippen LogP contribution in [-0.2, 0) is 17.5 Å². The first-order chi connectivity index (χ1) is 8.95. The molecule has 2 aromatic rings. The van der Waals surface area contributed by atoms with Gasteiger partial charge < -0.3 is 5.32 Å². The smallest absolute Gasteiger partial charge is 0.323 e. The molecule has 0 saturated carbocycles. The lowest BCUT2D eigenvalue weighted by molar-refractivity contribution is -0.141. The van der Waals surface area contributed by atoms with Gasteiger partial charge in [0.05, 0.1) is 11.9 Å². The highest BCUT2D eigenvalue weighted by molar-refractivity contribution is 5.90. The Labute approximate surface area is 106 Å². The highest BCUT2D eigenvalue weighted by Crippen LogP contribution is 2.27. The first kappa shape index (κ1) is 13.1. The molecule has 1 N–H and O–H groups in total. The maximum atomic E-state index is 12.3. The molecule has 0 aliphatic heterocycles. The van der Waals surface area contributed by atoms with E-state index in [1.807, 2.05) is 0 Å². The van der Waals surface area contributed by atoms with Crippen LogP contribution in [0.15, 0.2) is 36.8 Å². The Morgan fingerprint density at radius 3 is 2.74 bits per heavy atom. The van der Waals surface area contributed by atoms with E-state index in [0.717, 1.165) is 16.9 Å². The summed E-state index contributed by atoms with van der Waals surface area (Å²) in [6.07, 6.45) is -0.433. The number of aromatic nitrogens is 3. The molecule has 100 valence electrons. The lowest BCUT2D eigenvalue weighted by Gasteiger charge is -2.05. The number of hydrogen-bond acceptors (Lipinski definition) is 3. The van der Waals surface area contributed by atoms with Gasteiger partial charge in [0.2, 0.25) is 5.91 Å². The lowest BCUT2D eigenvalue weighted by Crippen LogP contribution is -2.19. The summed E-state index contributed by atoms with van der Waals surface area (Å²) in [7, 11) is 0. The topological polar surface area (TPSA) is 59.8 Å². The van der Waals surface area contributed by atoms with Gasteiger partial charge in [-0.1, -0.05) is 0 Å². The minimum absolute atomic E-state index is 0.301. The quantitative estimate of drug-likeness (QED) is 0.927. The van der Waals surface area contributed by atoms with Crippen LogP contribution in [0.3, 0.4) is 0 Å². The maximum Gasteiger partial charge on any atom is 0.435 e. The number of rotatable bonds is 3. The molecule has 8 heteroatoms. The van der Waals surface area contributed by atoms with Crippen LogP contribution in [0.4, 0.5) is 18.9 Å². The molecule has 0 fully saturated rings. The van der Waals surface area contributed by atoms with E-state index in [0.29, 0.717) is 5.69 Å². The van der Waals surface area contributed by atoms with Crippen LogP contribution in [0.25, 0.3) is 0 Å². The van der Waals surface area contributed by atoms with Gasteiger partial charge in [0.25, 0.3) is 0 Å². The molecular weight excluding hydrogens is 261 g/mol. The number of alkyl halides is 3. The predicted molar refractivity (Wildman–Crippen MR) is 60.1 cm³/mol. The maximum absolute atomic E-state index is 12.3. The Morgan fingerprint density at radius 1 is 1.37 bits per heavy atom. The van der Waals surface area contributed by atoms with Gasteiger partial charge in [0.15, 0.2) is 5.69 Å². The lowest BCUT2D eigenvalue weighted by atomic mass is 10.4. The molecular formula is C11H9F3N4O. The third-order valence-electron chi connectivity index (χ3n) is 2.18. The summed E-state index contributed by atoms with van der Waals surface area (Å²) in [6.45, 7) is -0.301. The van der Waals surface area contributed by atoms with Crippen molar-refractivity contribution < 1.29 is 18.0 Å². The van der Waals surface area contributed by atoms with E-state index in [9.17, 15) is 18.0 Å². The van der Waals surface area contributed by atoms with Crippen molar-refractivity contribution >= 4 is 11.6 Å². The number of carbonyl (C=O) groups is 1. The minimum Gasteiger partial charge on any atom is -0.323 e. The van der Waals surface area contributed by atoms with Crippen molar-refractivity contribution in [3.63, 3.8) is 0 Å². The Bertz CT molecular complexity index is 565. The summed E-state index contributed by atoms with van der Waals surface area (Å²) in [6, 6.07) is 4.07. The number of carbonyl (C=O) groups excluding carboxylic acids is 1. The van der Waals surface area contributed by atoms with E-state index in [-0.39, 0.29) is 6.54 Å². The fourth-order valence-corrected chi connectivity index (χ4v) is 1.39. The van der Waals surface area contributed by atoms with E-state index in [4.69, 9.17) is 0 Å². The number of nitrogens with zero attached hydrogens (tertiary/aromatic N) is 3. The number of anilines is 1. The normalized spacial score (nSPS) is 11.3. The number of amides is 1. The molecule has 5 nitrogen and oxygen atoms in total. The second-order valence-corrected chi connectivity index (χ2v) is 3.69. The summed E-state index contributed by atoms with van der Waals surface area (Å²) in [4.78, 5) is 15.4. The van der Waals surface area contributed by atoms with Crippen LogP contribution in [0.5, 0.6) is 0 Å². The standard InChI is InChI=1S/C11H9F3N4O/c12-11(13,14)9-3-5-18(17-9)7-10(19)16-8-2-1-4-15-6-8/h1-6H,7H2,(H,16,19). The Morgan fingerprint density at radius 2 is 2.16 bits per heavy atom. The van der Waals surface area contributed by atoms with Crippen LogP contribution in [0.1, 0.15) is 5.69 Å². The van der Waals surface area contributed by atoms with Crippen LogP contribution in [-0.4, -0.2) is 20.7 Å². The van der Waals surface area contributed by atoms with Crippen molar-refractivity contribution in [3.05, 3.63) is 42.5 Å². The molecule has 0 aliphatic rings. The van der Waals surface area contributed by atoms with Gasteiger partial charge in [-0.3, -0.25) is 14.5 Å². The molecule has 1 amide bonds. The molecule has 0 saturated heterocycles. The van der Waals surface area contributed by atoms with Gasteiger partial charge in [-0.2, -0.15) is 18.3 Å². The third-order valence-corrected chi connectivity index (χ3v) is 2.18. The van der Waals surface area contributed by atoms with Crippen LogP contribution < -0.4 is 5.32 Å². The van der Waals surface area contributed by atoms with E-state index < -0.39 is 17.8 Å². The molecule has 0 spiro atoms. The van der Waals surface area contributed by atoms with Crippen LogP contribution >= 0.6 is 0 Å². The Balaban J connectivity index is 1.98. The van der Waals surface area contributed by atoms with E-state index in [1.165, 1.54) is 6.20 Å². The van der Waals surface area contributed by atoms with Crippen molar-refractivity contribution in [2.75, 3.05) is 5.32 Å². The Hall–Kier alpha value is -2.38. The summed E-state index contributed by atoms with van der Waals surface area (Å²) in [5.74, 6) is -0.482. The fourth-order valence-electron chi connectivity index (χ4n) is 1.39. The molecule has 0 atom stereocenters. The summed E-state index contributed by atoms with van der Waals surface area (Å²) < 4.78 is 37.8. The number of nitrogens with one attached hydrogen (secondary N) is 1. The number of hydrogen-bond donors (Lipinski definition) is 1. The monoisotopic (exact) mass is 270 g/mol. The highest BCUT2D eigenvalue weighted by atomic mass is 19.4. The molecule has 0 aromatic carbocycles. The zero-order chi connectivity index (χ0) is 13.9. The number of pyridine rings is 1. The van der Waals surface area contributed by atoms with Gasteiger partial charge in [-0.05, 0) is 18.2 Å². The molecule has 2 rings (SSSR count). The minimum atomic E-state index is -4.51. The van der Waals surface area contributed by atoms with Crippen molar-refractivity contribution in [3.8, 4) is 0 Å². The van der Waals surface area contributed by atoms with Crippen LogP contribution in [0, 0.1) is 0 Å². The zero-order valence-electron chi connectivity index (χ0n) is 9.55. The van der Waals surface area contributed by atoms with Crippen molar-refractivity contribution in [2.24, 2.45) is 0 Å². The van der Waals surface area contributed by atoms with Crippen molar-refractivity contribution in [1.82, 2.24) is 14.8 Å². The van der Waals surface area contributed by atoms with Gasteiger partial charge in [-0.25, -0.2) is 0 Å². The van der Waals surface area contributed by atoms with E-state index >= 15 is 0 Å². The summed E-state index contributed by atoms with van der Waals surface area (Å²) >= 11 is 0. The molecule has 2 aromatic heterocycles. The summed E-state index contributed by atoms with van der Waals surface area (Å²) in [5.41, 5.74) is -0.558.